The van der Waals surface area contributed by atoms with Crippen LogP contribution >= 0.6 is 0 Å². The second kappa shape index (κ2) is 5.14. The Morgan fingerprint density at radius 3 is 2.73 bits per heavy atom. The monoisotopic (exact) mass is 206 g/mol. The van der Waals surface area contributed by atoms with E-state index in [0.29, 0.717) is 19.5 Å². The summed E-state index contributed by atoms with van der Waals surface area (Å²) in [6.45, 7) is 8.12. The summed E-state index contributed by atoms with van der Waals surface area (Å²) in [5.74, 6) is -0.218. The van der Waals surface area contributed by atoms with E-state index in [1.54, 1.807) is 23.1 Å². The van der Waals surface area contributed by atoms with Gasteiger partial charge in [-0.15, -0.1) is 0 Å². The van der Waals surface area contributed by atoms with Gasteiger partial charge in [0.1, 0.15) is 0 Å². The molecule has 0 bridgehead atoms. The molecule has 1 N–H and O–H groups in total. The first kappa shape index (κ1) is 11.2. The van der Waals surface area contributed by atoms with Gasteiger partial charge in [-0.2, -0.15) is 0 Å². The van der Waals surface area contributed by atoms with Crippen molar-refractivity contribution < 1.29 is 9.59 Å². The van der Waals surface area contributed by atoms with Gasteiger partial charge in [0, 0.05) is 19.5 Å². The van der Waals surface area contributed by atoms with Crippen molar-refractivity contribution in [3.05, 3.63) is 37.0 Å². The maximum absolute atomic E-state index is 11.4. The molecule has 0 atom stereocenters. The predicted octanol–water partition coefficient (Wildman–Crippen LogP) is 1.23. The topological polar surface area (TPSA) is 49.4 Å². The van der Waals surface area contributed by atoms with Crippen LogP contribution in [0.4, 0.5) is 4.79 Å². The molecule has 4 heteroatoms. The van der Waals surface area contributed by atoms with Crippen LogP contribution in [0.3, 0.4) is 0 Å². The molecule has 4 nitrogen and oxygen atoms in total. The Labute approximate surface area is 88.9 Å². The summed E-state index contributed by atoms with van der Waals surface area (Å²) in [5, 5.41) is 2.26. The fraction of sp³-hybridized carbons (Fsp3) is 0.273. The minimum atomic E-state index is -0.344. The van der Waals surface area contributed by atoms with Crippen LogP contribution in [0.2, 0.25) is 0 Å². The quantitative estimate of drug-likeness (QED) is 0.703. The van der Waals surface area contributed by atoms with Crippen molar-refractivity contribution in [2.45, 2.75) is 6.42 Å². The number of imide groups is 1. The third-order valence-electron chi connectivity index (χ3n) is 2.11. The Kier molecular flexibility index (Phi) is 3.85. The fourth-order valence-electron chi connectivity index (χ4n) is 1.31. The van der Waals surface area contributed by atoms with Gasteiger partial charge in [-0.05, 0) is 5.57 Å². The zero-order valence-corrected chi connectivity index (χ0v) is 8.53. The maximum Gasteiger partial charge on any atom is 0.324 e. The molecule has 1 fully saturated rings. The molecule has 80 valence electrons. The molecule has 0 radical (unpaired) electrons. The first-order chi connectivity index (χ1) is 7.17. The molecule has 1 saturated heterocycles. The van der Waals surface area contributed by atoms with Crippen molar-refractivity contribution in [2.24, 2.45) is 0 Å². The minimum absolute atomic E-state index is 0.218. The molecule has 1 heterocycles. The predicted molar refractivity (Wildman–Crippen MR) is 58.2 cm³/mol. The summed E-state index contributed by atoms with van der Waals surface area (Å²) in [4.78, 5) is 23.8. The van der Waals surface area contributed by atoms with E-state index in [1.807, 2.05) is 0 Å². The van der Waals surface area contributed by atoms with Crippen molar-refractivity contribution in [3.63, 3.8) is 0 Å². The normalized spacial score (nSPS) is 17.3. The van der Waals surface area contributed by atoms with Gasteiger partial charge < -0.3 is 4.90 Å². The lowest BCUT2D eigenvalue weighted by atomic mass is 10.2. The van der Waals surface area contributed by atoms with E-state index in [2.05, 4.69) is 18.5 Å². The van der Waals surface area contributed by atoms with Gasteiger partial charge >= 0.3 is 6.03 Å². The molecule has 0 saturated carbocycles. The number of hydrogen-bond donors (Lipinski definition) is 1. The number of hydrogen-bond acceptors (Lipinski definition) is 2. The molecule has 0 unspecified atom stereocenters. The lowest BCUT2D eigenvalue weighted by Gasteiger charge is -2.26. The van der Waals surface area contributed by atoms with E-state index < -0.39 is 0 Å². The number of carbonyl (C=O) groups is 2. The van der Waals surface area contributed by atoms with Crippen LogP contribution in [0.15, 0.2) is 37.0 Å². The van der Waals surface area contributed by atoms with E-state index in [-0.39, 0.29) is 11.9 Å². The molecule has 1 rings (SSSR count). The van der Waals surface area contributed by atoms with E-state index in [9.17, 15) is 9.59 Å². The SMILES string of the molecule is C=C/C=C(\C=C)CN1CCC(=O)NC1=O. The van der Waals surface area contributed by atoms with Crippen molar-refractivity contribution in [2.75, 3.05) is 13.1 Å². The summed E-state index contributed by atoms with van der Waals surface area (Å²) in [5.41, 5.74) is 0.898. The number of carbonyl (C=O) groups excluding carboxylic acids is 2. The second-order valence-electron chi connectivity index (χ2n) is 3.21. The van der Waals surface area contributed by atoms with Crippen LogP contribution in [-0.2, 0) is 4.79 Å². The van der Waals surface area contributed by atoms with Gasteiger partial charge in [0.25, 0.3) is 0 Å². The molecule has 0 aromatic carbocycles. The highest BCUT2D eigenvalue weighted by Gasteiger charge is 2.22. The van der Waals surface area contributed by atoms with Crippen molar-refractivity contribution in [1.29, 1.82) is 0 Å². The molecule has 0 aliphatic carbocycles. The van der Waals surface area contributed by atoms with Gasteiger partial charge in [-0.25, -0.2) is 4.79 Å². The molecular weight excluding hydrogens is 192 g/mol. The molecule has 0 aromatic heterocycles. The van der Waals surface area contributed by atoms with Crippen molar-refractivity contribution in [1.82, 2.24) is 10.2 Å². The Balaban J connectivity index is 2.61. The number of nitrogens with one attached hydrogen (secondary N) is 1. The zero-order chi connectivity index (χ0) is 11.3. The van der Waals surface area contributed by atoms with E-state index in [1.165, 1.54) is 0 Å². The summed E-state index contributed by atoms with van der Waals surface area (Å²) in [6, 6.07) is -0.344. The van der Waals surface area contributed by atoms with Gasteiger partial charge in [-0.3, -0.25) is 10.1 Å². The van der Waals surface area contributed by atoms with Gasteiger partial charge in [0.2, 0.25) is 5.91 Å². The third kappa shape index (κ3) is 3.09. The smallest absolute Gasteiger partial charge is 0.320 e. The Morgan fingerprint density at radius 2 is 2.20 bits per heavy atom. The number of allylic oxidation sites excluding steroid dienone is 2. The van der Waals surface area contributed by atoms with E-state index >= 15 is 0 Å². The molecule has 0 aromatic rings. The molecular formula is C11H14N2O2. The maximum atomic E-state index is 11.4. The van der Waals surface area contributed by atoms with Crippen LogP contribution in [0.25, 0.3) is 0 Å². The van der Waals surface area contributed by atoms with Crippen LogP contribution in [0.5, 0.6) is 0 Å². The third-order valence-corrected chi connectivity index (χ3v) is 2.11. The molecule has 1 aliphatic rings. The van der Waals surface area contributed by atoms with Gasteiger partial charge in [-0.1, -0.05) is 31.4 Å². The van der Waals surface area contributed by atoms with Crippen molar-refractivity contribution in [3.8, 4) is 0 Å². The molecule has 1 aliphatic heterocycles. The summed E-state index contributed by atoms with van der Waals surface area (Å²) in [7, 11) is 0. The van der Waals surface area contributed by atoms with E-state index in [0.717, 1.165) is 5.57 Å². The summed E-state index contributed by atoms with van der Waals surface area (Å²) >= 11 is 0. The zero-order valence-electron chi connectivity index (χ0n) is 8.53. The average molecular weight is 206 g/mol. The largest absolute Gasteiger partial charge is 0.324 e. The van der Waals surface area contributed by atoms with E-state index in [4.69, 9.17) is 0 Å². The summed E-state index contributed by atoms with van der Waals surface area (Å²) in [6.07, 6.45) is 5.45. The molecule has 15 heavy (non-hydrogen) atoms. The Morgan fingerprint density at radius 1 is 1.47 bits per heavy atom. The number of urea groups is 1. The molecule has 3 amide bonds. The average Bonchev–Trinajstić information content (AvgIpc) is 2.21. The minimum Gasteiger partial charge on any atom is -0.320 e. The number of rotatable bonds is 4. The van der Waals surface area contributed by atoms with Crippen LogP contribution < -0.4 is 5.32 Å². The molecule has 0 spiro atoms. The van der Waals surface area contributed by atoms with Crippen LogP contribution in [0, 0.1) is 0 Å². The first-order valence-electron chi connectivity index (χ1n) is 4.70. The Hall–Kier alpha value is -1.84. The lowest BCUT2D eigenvalue weighted by molar-refractivity contribution is -0.121. The van der Waals surface area contributed by atoms with Crippen LogP contribution in [-0.4, -0.2) is 29.9 Å². The second-order valence-corrected chi connectivity index (χ2v) is 3.21. The highest BCUT2D eigenvalue weighted by molar-refractivity contribution is 5.96. The number of nitrogens with zero attached hydrogens (tertiary/aromatic N) is 1. The fourth-order valence-corrected chi connectivity index (χ4v) is 1.31. The van der Waals surface area contributed by atoms with Gasteiger partial charge in [0.05, 0.1) is 0 Å². The lowest BCUT2D eigenvalue weighted by Crippen LogP contribution is -2.49. The van der Waals surface area contributed by atoms with Crippen LogP contribution in [0.1, 0.15) is 6.42 Å². The van der Waals surface area contributed by atoms with Crippen molar-refractivity contribution >= 4 is 11.9 Å². The van der Waals surface area contributed by atoms with Gasteiger partial charge in [0.15, 0.2) is 0 Å². The standard InChI is InChI=1S/C11H14N2O2/c1-3-5-9(4-2)8-13-7-6-10(14)12-11(13)15/h3-5H,1-2,6-8H2,(H,12,14,15)/b9-5+. The highest BCUT2D eigenvalue weighted by Crippen LogP contribution is 2.06. The number of amides is 3. The summed E-state index contributed by atoms with van der Waals surface area (Å²) < 4.78 is 0. The Bertz CT molecular complexity index is 331. The highest BCUT2D eigenvalue weighted by atomic mass is 16.2. The first-order valence-corrected chi connectivity index (χ1v) is 4.70.